The van der Waals surface area contributed by atoms with Crippen LogP contribution >= 0.6 is 0 Å². The minimum absolute atomic E-state index is 0.114. The van der Waals surface area contributed by atoms with Crippen molar-refractivity contribution in [2.45, 2.75) is 45.6 Å². The second kappa shape index (κ2) is 6.15. The molecule has 0 aliphatic carbocycles. The first-order valence-electron chi connectivity index (χ1n) is 7.08. The molecule has 2 N–H and O–H groups in total. The molecule has 0 radical (unpaired) electrons. The molecular formula is C15H23N3O. The maximum Gasteiger partial charge on any atom is 0.255 e. The van der Waals surface area contributed by atoms with Crippen LogP contribution in [0, 0.1) is 13.8 Å². The van der Waals surface area contributed by atoms with Gasteiger partial charge in [-0.15, -0.1) is 0 Å². The van der Waals surface area contributed by atoms with Gasteiger partial charge in [-0.2, -0.15) is 0 Å². The van der Waals surface area contributed by atoms with Gasteiger partial charge in [0.1, 0.15) is 0 Å². The number of hydrogen-bond acceptors (Lipinski definition) is 3. The Kier molecular flexibility index (Phi) is 4.53. The van der Waals surface area contributed by atoms with Gasteiger partial charge in [0.2, 0.25) is 0 Å². The highest BCUT2D eigenvalue weighted by Gasteiger charge is 2.27. The fourth-order valence-electron chi connectivity index (χ4n) is 2.83. The first kappa shape index (κ1) is 14.0. The third-order valence-electron chi connectivity index (χ3n) is 3.84. The molecule has 1 aliphatic heterocycles. The summed E-state index contributed by atoms with van der Waals surface area (Å²) in [7, 11) is 0. The Hall–Kier alpha value is -1.42. The zero-order chi connectivity index (χ0) is 13.8. The summed E-state index contributed by atoms with van der Waals surface area (Å²) in [6, 6.07) is 4.10. The molecule has 19 heavy (non-hydrogen) atoms. The van der Waals surface area contributed by atoms with Gasteiger partial charge >= 0.3 is 0 Å². The van der Waals surface area contributed by atoms with Crippen molar-refractivity contribution in [2.75, 3.05) is 13.1 Å². The Labute approximate surface area is 115 Å². The lowest BCUT2D eigenvalue weighted by molar-refractivity contribution is 0.0603. The molecular weight excluding hydrogens is 238 g/mol. The molecule has 4 nitrogen and oxygen atoms in total. The number of aryl methyl sites for hydroxylation is 2. The number of hydrogen-bond donors (Lipinski definition) is 1. The number of carbonyl (C=O) groups is 1. The fraction of sp³-hybridized carbons (Fsp3) is 0.600. The molecule has 1 aromatic rings. The molecule has 0 bridgehead atoms. The molecule has 1 unspecified atom stereocenters. The number of rotatable bonds is 3. The van der Waals surface area contributed by atoms with Crippen LogP contribution in [0.4, 0.5) is 0 Å². The fourth-order valence-corrected chi connectivity index (χ4v) is 2.83. The summed E-state index contributed by atoms with van der Waals surface area (Å²) in [5.41, 5.74) is 8.16. The second-order valence-electron chi connectivity index (χ2n) is 5.31. The van der Waals surface area contributed by atoms with E-state index in [4.69, 9.17) is 5.73 Å². The number of carbonyl (C=O) groups excluding carboxylic acids is 1. The number of nitrogens with zero attached hydrogens (tertiary/aromatic N) is 2. The van der Waals surface area contributed by atoms with Gasteiger partial charge in [-0.05, 0) is 58.2 Å². The first-order valence-corrected chi connectivity index (χ1v) is 7.08. The Bertz CT molecular complexity index is 457. The molecule has 4 heteroatoms. The third kappa shape index (κ3) is 3.13. The van der Waals surface area contributed by atoms with E-state index in [1.165, 1.54) is 6.42 Å². The van der Waals surface area contributed by atoms with E-state index >= 15 is 0 Å². The molecule has 1 aromatic heterocycles. The molecule has 1 atom stereocenters. The van der Waals surface area contributed by atoms with Crippen molar-refractivity contribution in [3.05, 3.63) is 29.1 Å². The highest BCUT2D eigenvalue weighted by atomic mass is 16.2. The van der Waals surface area contributed by atoms with Gasteiger partial charge in [0.05, 0.1) is 11.3 Å². The number of piperidine rings is 1. The topological polar surface area (TPSA) is 59.2 Å². The Balaban J connectivity index is 2.21. The predicted octanol–water partition coefficient (Wildman–Crippen LogP) is 2.04. The molecule has 2 rings (SSSR count). The summed E-state index contributed by atoms with van der Waals surface area (Å²) in [4.78, 5) is 19.0. The van der Waals surface area contributed by atoms with E-state index in [-0.39, 0.29) is 5.91 Å². The minimum Gasteiger partial charge on any atom is -0.336 e. The van der Waals surface area contributed by atoms with E-state index < -0.39 is 0 Å². The monoisotopic (exact) mass is 261 g/mol. The van der Waals surface area contributed by atoms with Crippen molar-refractivity contribution < 1.29 is 4.79 Å². The van der Waals surface area contributed by atoms with Crippen LogP contribution in [0.25, 0.3) is 0 Å². The van der Waals surface area contributed by atoms with Crippen LogP contribution in [0.5, 0.6) is 0 Å². The lowest BCUT2D eigenvalue weighted by Gasteiger charge is -2.36. The predicted molar refractivity (Wildman–Crippen MR) is 76.1 cm³/mol. The van der Waals surface area contributed by atoms with Crippen molar-refractivity contribution in [1.29, 1.82) is 0 Å². The van der Waals surface area contributed by atoms with Gasteiger partial charge in [-0.1, -0.05) is 0 Å². The van der Waals surface area contributed by atoms with Crippen molar-refractivity contribution in [3.63, 3.8) is 0 Å². The molecule has 1 aliphatic rings. The maximum absolute atomic E-state index is 12.7. The number of nitrogens with two attached hydrogens (primary N) is 1. The van der Waals surface area contributed by atoms with Crippen molar-refractivity contribution in [1.82, 2.24) is 9.88 Å². The van der Waals surface area contributed by atoms with E-state index in [9.17, 15) is 4.79 Å². The van der Waals surface area contributed by atoms with Gasteiger partial charge in [0.25, 0.3) is 5.91 Å². The van der Waals surface area contributed by atoms with Crippen molar-refractivity contribution in [2.24, 2.45) is 5.73 Å². The lowest BCUT2D eigenvalue weighted by Crippen LogP contribution is -2.44. The second-order valence-corrected chi connectivity index (χ2v) is 5.31. The van der Waals surface area contributed by atoms with Crippen LogP contribution in [-0.4, -0.2) is 34.9 Å². The number of amides is 1. The molecule has 0 saturated carbocycles. The van der Waals surface area contributed by atoms with Gasteiger partial charge in [-0.3, -0.25) is 9.78 Å². The van der Waals surface area contributed by atoms with E-state index in [1.54, 1.807) is 0 Å². The summed E-state index contributed by atoms with van der Waals surface area (Å²) >= 11 is 0. The third-order valence-corrected chi connectivity index (χ3v) is 3.84. The SMILES string of the molecule is Cc1ccc(C(=O)N2CCCCC2CCN)c(C)n1. The van der Waals surface area contributed by atoms with Crippen LogP contribution in [0.1, 0.15) is 47.4 Å². The Morgan fingerprint density at radius 2 is 2.21 bits per heavy atom. The van der Waals surface area contributed by atoms with E-state index in [2.05, 4.69) is 4.98 Å². The molecule has 1 amide bonds. The minimum atomic E-state index is 0.114. The van der Waals surface area contributed by atoms with Crippen molar-refractivity contribution in [3.8, 4) is 0 Å². The Morgan fingerprint density at radius 3 is 2.89 bits per heavy atom. The summed E-state index contributed by atoms with van der Waals surface area (Å²) in [6.45, 7) is 5.33. The van der Waals surface area contributed by atoms with Crippen LogP contribution in [0.2, 0.25) is 0 Å². The molecule has 0 aromatic carbocycles. The molecule has 1 saturated heterocycles. The zero-order valence-corrected chi connectivity index (χ0v) is 11.9. The number of aromatic nitrogens is 1. The average molecular weight is 261 g/mol. The first-order chi connectivity index (χ1) is 9.13. The normalized spacial score (nSPS) is 19.5. The molecule has 0 spiro atoms. The highest BCUT2D eigenvalue weighted by molar-refractivity contribution is 5.95. The van der Waals surface area contributed by atoms with Crippen LogP contribution in [0.15, 0.2) is 12.1 Å². The number of likely N-dealkylation sites (tertiary alicyclic amines) is 1. The summed E-state index contributed by atoms with van der Waals surface area (Å²) in [5.74, 6) is 0.114. The summed E-state index contributed by atoms with van der Waals surface area (Å²) in [6.07, 6.45) is 4.25. The standard InChI is InChI=1S/C15H23N3O/c1-11-6-7-14(12(2)17-11)15(19)18-10-4-3-5-13(18)8-9-16/h6-7,13H,3-5,8-10,16H2,1-2H3. The average Bonchev–Trinajstić information content (AvgIpc) is 2.39. The quantitative estimate of drug-likeness (QED) is 0.905. The van der Waals surface area contributed by atoms with Gasteiger partial charge in [-0.25, -0.2) is 0 Å². The van der Waals surface area contributed by atoms with Crippen molar-refractivity contribution >= 4 is 5.91 Å². The summed E-state index contributed by atoms with van der Waals surface area (Å²) < 4.78 is 0. The van der Waals surface area contributed by atoms with Crippen LogP contribution < -0.4 is 5.73 Å². The maximum atomic E-state index is 12.7. The van der Waals surface area contributed by atoms with E-state index in [0.717, 1.165) is 42.8 Å². The zero-order valence-electron chi connectivity index (χ0n) is 11.9. The van der Waals surface area contributed by atoms with Crippen LogP contribution in [-0.2, 0) is 0 Å². The highest BCUT2D eigenvalue weighted by Crippen LogP contribution is 2.22. The lowest BCUT2D eigenvalue weighted by atomic mass is 9.98. The van der Waals surface area contributed by atoms with E-state index in [0.29, 0.717) is 12.6 Å². The molecule has 1 fully saturated rings. The largest absolute Gasteiger partial charge is 0.336 e. The van der Waals surface area contributed by atoms with E-state index in [1.807, 2.05) is 30.9 Å². The Morgan fingerprint density at radius 1 is 1.42 bits per heavy atom. The number of pyridine rings is 1. The van der Waals surface area contributed by atoms with Gasteiger partial charge in [0.15, 0.2) is 0 Å². The van der Waals surface area contributed by atoms with Gasteiger partial charge in [0, 0.05) is 18.3 Å². The van der Waals surface area contributed by atoms with Crippen LogP contribution in [0.3, 0.4) is 0 Å². The molecule has 2 heterocycles. The van der Waals surface area contributed by atoms with Gasteiger partial charge < -0.3 is 10.6 Å². The molecule has 104 valence electrons. The smallest absolute Gasteiger partial charge is 0.255 e. The summed E-state index contributed by atoms with van der Waals surface area (Å²) in [5, 5.41) is 0.